The Hall–Kier alpha value is -3.20. The molecule has 0 fully saturated rings. The van der Waals surface area contributed by atoms with Gasteiger partial charge in [0.15, 0.2) is 5.82 Å². The Labute approximate surface area is 158 Å². The summed E-state index contributed by atoms with van der Waals surface area (Å²) in [5.41, 5.74) is 2.01. The lowest BCUT2D eigenvalue weighted by Crippen LogP contribution is -2.20. The summed E-state index contributed by atoms with van der Waals surface area (Å²) in [4.78, 5) is 5.24. The number of nitrogens with zero attached hydrogens (tertiary/aromatic N) is 5. The topological polar surface area (TPSA) is 62.6 Å². The van der Waals surface area contributed by atoms with Gasteiger partial charge in [-0.1, -0.05) is 12.1 Å². The standard InChI is InChI=1S/C19H17F3N6/c1-27(11-13-3-2-4-17-16(13)9-10-23-17)12-18-24-25-26-28(18)15-7-5-14(6-8-15)19(20,21)22/h2-10,23H,11-12H2,1H3. The SMILES string of the molecule is CN(Cc1cccc2[nH]ccc12)Cc1nnnn1-c1ccc(C(F)(F)F)cc1. The van der Waals surface area contributed by atoms with Gasteiger partial charge in [-0.15, -0.1) is 5.10 Å². The number of hydrogen-bond donors (Lipinski definition) is 1. The maximum Gasteiger partial charge on any atom is 0.416 e. The Balaban J connectivity index is 1.52. The van der Waals surface area contributed by atoms with Gasteiger partial charge < -0.3 is 4.98 Å². The molecule has 0 aliphatic carbocycles. The van der Waals surface area contributed by atoms with Crippen LogP contribution in [0.2, 0.25) is 0 Å². The molecule has 0 spiro atoms. The number of fused-ring (bicyclic) bond motifs is 1. The zero-order valence-electron chi connectivity index (χ0n) is 15.0. The largest absolute Gasteiger partial charge is 0.416 e. The fourth-order valence-electron chi connectivity index (χ4n) is 3.17. The van der Waals surface area contributed by atoms with Gasteiger partial charge in [-0.3, -0.25) is 4.90 Å². The highest BCUT2D eigenvalue weighted by atomic mass is 19.4. The van der Waals surface area contributed by atoms with E-state index < -0.39 is 11.7 Å². The van der Waals surface area contributed by atoms with E-state index in [1.54, 1.807) is 0 Å². The molecule has 2 aromatic heterocycles. The first-order valence-corrected chi connectivity index (χ1v) is 8.60. The summed E-state index contributed by atoms with van der Waals surface area (Å²) < 4.78 is 39.7. The van der Waals surface area contributed by atoms with Gasteiger partial charge in [0.25, 0.3) is 0 Å². The Morgan fingerprint density at radius 1 is 1.04 bits per heavy atom. The van der Waals surface area contributed by atoms with E-state index in [1.807, 2.05) is 36.3 Å². The smallest absolute Gasteiger partial charge is 0.361 e. The minimum atomic E-state index is -4.37. The van der Waals surface area contributed by atoms with E-state index in [1.165, 1.54) is 16.8 Å². The van der Waals surface area contributed by atoms with Crippen molar-refractivity contribution in [1.29, 1.82) is 0 Å². The van der Waals surface area contributed by atoms with Crippen LogP contribution in [-0.2, 0) is 19.3 Å². The first kappa shape index (κ1) is 18.2. The lowest BCUT2D eigenvalue weighted by molar-refractivity contribution is -0.137. The molecule has 144 valence electrons. The van der Waals surface area contributed by atoms with Gasteiger partial charge in [0.05, 0.1) is 17.8 Å². The number of aromatic nitrogens is 5. The Morgan fingerprint density at radius 3 is 2.57 bits per heavy atom. The Bertz CT molecular complexity index is 1080. The number of tetrazole rings is 1. The quantitative estimate of drug-likeness (QED) is 0.567. The maximum absolute atomic E-state index is 12.8. The average molecular weight is 386 g/mol. The van der Waals surface area contributed by atoms with Gasteiger partial charge >= 0.3 is 6.18 Å². The molecule has 0 atom stereocenters. The fourth-order valence-corrected chi connectivity index (χ4v) is 3.17. The third-order valence-corrected chi connectivity index (χ3v) is 4.51. The van der Waals surface area contributed by atoms with Crippen LogP contribution in [0.3, 0.4) is 0 Å². The summed E-state index contributed by atoms with van der Waals surface area (Å²) in [5.74, 6) is 0.545. The molecule has 0 amide bonds. The van der Waals surface area contributed by atoms with Crippen molar-refractivity contribution < 1.29 is 13.2 Å². The molecule has 9 heteroatoms. The molecule has 1 N–H and O–H groups in total. The number of nitrogens with one attached hydrogen (secondary N) is 1. The summed E-state index contributed by atoms with van der Waals surface area (Å²) in [6.07, 6.45) is -2.47. The van der Waals surface area contributed by atoms with Crippen LogP contribution in [0.5, 0.6) is 0 Å². The summed E-state index contributed by atoms with van der Waals surface area (Å²) >= 11 is 0. The van der Waals surface area contributed by atoms with Gasteiger partial charge in [0.2, 0.25) is 0 Å². The third kappa shape index (κ3) is 3.61. The van der Waals surface area contributed by atoms with E-state index in [-0.39, 0.29) is 0 Å². The number of halogens is 3. The number of rotatable bonds is 5. The van der Waals surface area contributed by atoms with Crippen LogP contribution in [0.1, 0.15) is 17.0 Å². The molecular weight excluding hydrogens is 369 g/mol. The molecule has 0 saturated carbocycles. The summed E-state index contributed by atoms with van der Waals surface area (Å²) in [6, 6.07) is 12.9. The van der Waals surface area contributed by atoms with Gasteiger partial charge in [-0.2, -0.15) is 17.9 Å². The predicted octanol–water partition coefficient (Wildman–Crippen LogP) is 3.79. The lowest BCUT2D eigenvalue weighted by atomic mass is 10.1. The highest BCUT2D eigenvalue weighted by molar-refractivity contribution is 5.82. The summed E-state index contributed by atoms with van der Waals surface area (Å²) in [5, 5.41) is 12.8. The molecule has 0 aliphatic heterocycles. The van der Waals surface area contributed by atoms with E-state index in [0.29, 0.717) is 24.6 Å². The summed E-state index contributed by atoms with van der Waals surface area (Å²) in [6.45, 7) is 1.11. The average Bonchev–Trinajstić information content (AvgIpc) is 3.31. The van der Waals surface area contributed by atoms with Gasteiger partial charge in [-0.25, -0.2) is 0 Å². The summed E-state index contributed by atoms with van der Waals surface area (Å²) in [7, 11) is 1.94. The van der Waals surface area contributed by atoms with Crippen molar-refractivity contribution in [3.05, 3.63) is 71.7 Å². The highest BCUT2D eigenvalue weighted by Gasteiger charge is 2.30. The van der Waals surface area contributed by atoms with Crippen LogP contribution in [0.4, 0.5) is 13.2 Å². The monoisotopic (exact) mass is 386 g/mol. The Kier molecular flexibility index (Phi) is 4.60. The number of aromatic amines is 1. The van der Waals surface area contributed by atoms with E-state index >= 15 is 0 Å². The van der Waals surface area contributed by atoms with Crippen molar-refractivity contribution in [2.24, 2.45) is 0 Å². The Morgan fingerprint density at radius 2 is 1.82 bits per heavy atom. The molecular formula is C19H17F3N6. The van der Waals surface area contributed by atoms with Crippen molar-refractivity contribution >= 4 is 10.9 Å². The predicted molar refractivity (Wildman–Crippen MR) is 97.6 cm³/mol. The molecule has 0 aliphatic rings. The molecule has 0 radical (unpaired) electrons. The number of hydrogen-bond acceptors (Lipinski definition) is 4. The second-order valence-corrected chi connectivity index (χ2v) is 6.58. The van der Waals surface area contributed by atoms with E-state index in [2.05, 4.69) is 26.6 Å². The van der Waals surface area contributed by atoms with Crippen molar-refractivity contribution in [2.75, 3.05) is 7.05 Å². The van der Waals surface area contributed by atoms with Crippen molar-refractivity contribution in [1.82, 2.24) is 30.1 Å². The first-order valence-electron chi connectivity index (χ1n) is 8.60. The molecule has 2 aromatic carbocycles. The van der Waals surface area contributed by atoms with Crippen molar-refractivity contribution in [3.8, 4) is 5.69 Å². The molecule has 0 bridgehead atoms. The fraction of sp³-hybridized carbons (Fsp3) is 0.211. The highest BCUT2D eigenvalue weighted by Crippen LogP contribution is 2.29. The molecule has 0 saturated heterocycles. The van der Waals surface area contributed by atoms with E-state index in [0.717, 1.165) is 28.6 Å². The lowest BCUT2D eigenvalue weighted by Gasteiger charge is -2.17. The van der Waals surface area contributed by atoms with Gasteiger partial charge in [-0.05, 0) is 59.4 Å². The number of alkyl halides is 3. The number of benzene rings is 2. The zero-order chi connectivity index (χ0) is 19.7. The molecule has 6 nitrogen and oxygen atoms in total. The normalized spacial score (nSPS) is 12.2. The molecule has 2 heterocycles. The van der Waals surface area contributed by atoms with Crippen LogP contribution >= 0.6 is 0 Å². The van der Waals surface area contributed by atoms with Gasteiger partial charge in [0, 0.05) is 23.6 Å². The van der Waals surface area contributed by atoms with Crippen LogP contribution in [-0.4, -0.2) is 37.1 Å². The van der Waals surface area contributed by atoms with Crippen molar-refractivity contribution in [3.63, 3.8) is 0 Å². The van der Waals surface area contributed by atoms with Crippen LogP contribution in [0.15, 0.2) is 54.7 Å². The third-order valence-electron chi connectivity index (χ3n) is 4.51. The van der Waals surface area contributed by atoms with Crippen molar-refractivity contribution in [2.45, 2.75) is 19.3 Å². The molecule has 4 rings (SSSR count). The van der Waals surface area contributed by atoms with Gasteiger partial charge in [0.1, 0.15) is 0 Å². The van der Waals surface area contributed by atoms with Crippen LogP contribution < -0.4 is 0 Å². The van der Waals surface area contributed by atoms with E-state index in [9.17, 15) is 13.2 Å². The second-order valence-electron chi connectivity index (χ2n) is 6.58. The minimum absolute atomic E-state index is 0.439. The van der Waals surface area contributed by atoms with Crippen LogP contribution in [0.25, 0.3) is 16.6 Å². The maximum atomic E-state index is 12.8. The van der Waals surface area contributed by atoms with Crippen LogP contribution in [0, 0.1) is 0 Å². The van der Waals surface area contributed by atoms with E-state index in [4.69, 9.17) is 0 Å². The zero-order valence-corrected chi connectivity index (χ0v) is 15.0. The molecule has 4 aromatic rings. The minimum Gasteiger partial charge on any atom is -0.361 e. The number of H-pyrrole nitrogens is 1. The first-order chi connectivity index (χ1) is 13.4. The molecule has 0 unspecified atom stereocenters. The second kappa shape index (κ2) is 7.08. The molecule has 28 heavy (non-hydrogen) atoms.